The number of unbranched alkanes of at least 4 members (excludes halogenated alkanes) is 3. The lowest BCUT2D eigenvalue weighted by molar-refractivity contribution is -0.137. The summed E-state index contributed by atoms with van der Waals surface area (Å²) >= 11 is 1.26. The van der Waals surface area contributed by atoms with E-state index in [0.29, 0.717) is 24.3 Å². The molecule has 19 nitrogen and oxygen atoms in total. The third-order valence-electron chi connectivity index (χ3n) is 10.2. The number of hydrogen-bond donors (Lipinski definition) is 7. The van der Waals surface area contributed by atoms with Crippen LogP contribution >= 0.6 is 11.3 Å². The smallest absolute Gasteiger partial charge is 0.271 e. The monoisotopic (exact) mass is 923 g/mol. The molecule has 9 N–H and O–H groups in total. The maximum atomic E-state index is 13.0. The normalized spacial score (nSPS) is 13.7. The van der Waals surface area contributed by atoms with Crippen LogP contribution in [0.3, 0.4) is 0 Å². The lowest BCUT2D eigenvalue weighted by Gasteiger charge is -2.34. The third kappa shape index (κ3) is 24.9. The standard InChI is InChI=1S/C33H51N7O8S.C7H16N2O.C4H11N/c1-8-21(5)16-30(45)39(6)24(20(3)4)17-25(48-7)33-38-23(19-49-33)32(47)37-22(9-2)31(46)36-18-27(42)35-14-13-34-26(41)12-15-40-28(43)10-11-29(40)44;1-9-6-4-2-3-5-7(8)10;1-2-3-4-5/h10-11,19-22,24-25H,8-9,12-18H2,1-7H3,(H,34,41)(H,35,42)(H,36,46)(H,37,47);9H,2-6H2,1H3,(H2,8,10);2-5H2,1H3/t21-,22?,24?,25?;;/m0../s1. The number of nitrogens with one attached hydrogen (secondary N) is 5. The van der Waals surface area contributed by atoms with Crippen molar-refractivity contribution < 1.29 is 43.1 Å². The molecule has 1 aliphatic rings. The van der Waals surface area contributed by atoms with Crippen molar-refractivity contribution in [1.29, 1.82) is 0 Å². The first-order valence-electron chi connectivity index (χ1n) is 22.4. The van der Waals surface area contributed by atoms with Crippen LogP contribution in [0.4, 0.5) is 0 Å². The fourth-order valence-electron chi connectivity index (χ4n) is 5.98. The molecule has 1 aromatic rings. The van der Waals surface area contributed by atoms with Crippen LogP contribution in [-0.4, -0.2) is 135 Å². The molecule has 2 heterocycles. The van der Waals surface area contributed by atoms with Crippen molar-refractivity contribution in [3.8, 4) is 0 Å². The minimum absolute atomic E-state index is 0.0419. The summed E-state index contributed by atoms with van der Waals surface area (Å²) in [6.45, 7) is 13.8. The topological polar surface area (TPSA) is 277 Å². The number of primary amides is 1. The Bertz CT molecular complexity index is 1600. The second kappa shape index (κ2) is 34.6. The average molecular weight is 923 g/mol. The van der Waals surface area contributed by atoms with Gasteiger partial charge in [-0.3, -0.25) is 43.3 Å². The van der Waals surface area contributed by atoms with Crippen LogP contribution in [0.25, 0.3) is 0 Å². The van der Waals surface area contributed by atoms with Crippen molar-refractivity contribution in [2.45, 2.75) is 130 Å². The van der Waals surface area contributed by atoms with Gasteiger partial charge in [0.25, 0.3) is 17.7 Å². The Morgan fingerprint density at radius 3 is 2.03 bits per heavy atom. The molecule has 0 spiro atoms. The number of thiazole rings is 1. The van der Waals surface area contributed by atoms with E-state index in [-0.39, 0.29) is 74.4 Å². The molecule has 0 aliphatic carbocycles. The van der Waals surface area contributed by atoms with Gasteiger partial charge in [-0.25, -0.2) is 4.98 Å². The number of methoxy groups -OCH3 is 1. The van der Waals surface area contributed by atoms with Gasteiger partial charge in [0.05, 0.1) is 6.54 Å². The van der Waals surface area contributed by atoms with Crippen LogP contribution in [0.5, 0.6) is 0 Å². The molecule has 0 saturated carbocycles. The highest BCUT2D eigenvalue weighted by Crippen LogP contribution is 2.30. The molecular weight excluding hydrogens is 845 g/mol. The number of imide groups is 1. The molecule has 20 heteroatoms. The lowest BCUT2D eigenvalue weighted by Crippen LogP contribution is -2.49. The van der Waals surface area contributed by atoms with Gasteiger partial charge in [0.1, 0.15) is 22.8 Å². The van der Waals surface area contributed by atoms with Crippen LogP contribution in [0.15, 0.2) is 17.5 Å². The van der Waals surface area contributed by atoms with E-state index in [2.05, 4.69) is 66.2 Å². The summed E-state index contributed by atoms with van der Waals surface area (Å²) in [5, 5.41) is 15.5. The van der Waals surface area contributed by atoms with Crippen molar-refractivity contribution in [3.05, 3.63) is 28.2 Å². The first-order chi connectivity index (χ1) is 30.4. The minimum Gasteiger partial charge on any atom is -0.374 e. The van der Waals surface area contributed by atoms with Gasteiger partial charge >= 0.3 is 0 Å². The summed E-state index contributed by atoms with van der Waals surface area (Å²) in [6.07, 6.45) is 9.99. The molecule has 364 valence electrons. The van der Waals surface area contributed by atoms with Gasteiger partial charge in [-0.1, -0.05) is 60.8 Å². The molecule has 0 fully saturated rings. The van der Waals surface area contributed by atoms with Gasteiger partial charge in [-0.2, -0.15) is 0 Å². The van der Waals surface area contributed by atoms with Gasteiger partial charge in [-0.05, 0) is 57.7 Å². The van der Waals surface area contributed by atoms with Crippen molar-refractivity contribution in [2.24, 2.45) is 23.3 Å². The molecule has 3 unspecified atom stereocenters. The van der Waals surface area contributed by atoms with Crippen LogP contribution in [0.1, 0.15) is 134 Å². The quantitative estimate of drug-likeness (QED) is 0.0451. The predicted octanol–water partition coefficient (Wildman–Crippen LogP) is 2.31. The highest BCUT2D eigenvalue weighted by atomic mass is 32.1. The first kappa shape index (κ1) is 59.2. The number of rotatable bonds is 29. The summed E-state index contributed by atoms with van der Waals surface area (Å²) in [6, 6.07) is -1.02. The van der Waals surface area contributed by atoms with Gasteiger partial charge < -0.3 is 47.7 Å². The Labute approximate surface area is 384 Å². The molecule has 0 radical (unpaired) electrons. The van der Waals surface area contributed by atoms with E-state index in [4.69, 9.17) is 16.2 Å². The number of nitrogens with zero attached hydrogens (tertiary/aromatic N) is 3. The number of ether oxygens (including phenoxy) is 1. The second-order valence-corrected chi connectivity index (χ2v) is 16.7. The molecule has 1 aromatic heterocycles. The van der Waals surface area contributed by atoms with E-state index >= 15 is 0 Å². The lowest BCUT2D eigenvalue weighted by atomic mass is 9.95. The maximum absolute atomic E-state index is 13.0. The van der Waals surface area contributed by atoms with Crippen molar-refractivity contribution in [1.82, 2.24) is 41.4 Å². The summed E-state index contributed by atoms with van der Waals surface area (Å²) in [5.41, 5.74) is 10.2. The molecule has 0 saturated heterocycles. The molecule has 2 rings (SSSR count). The summed E-state index contributed by atoms with van der Waals surface area (Å²) < 4.78 is 5.75. The number of nitrogens with two attached hydrogens (primary N) is 2. The van der Waals surface area contributed by atoms with E-state index in [1.54, 1.807) is 24.3 Å². The van der Waals surface area contributed by atoms with Crippen LogP contribution < -0.4 is 38.1 Å². The highest BCUT2D eigenvalue weighted by Gasteiger charge is 2.30. The van der Waals surface area contributed by atoms with Crippen LogP contribution in [-0.2, 0) is 38.3 Å². The van der Waals surface area contributed by atoms with Crippen LogP contribution in [0, 0.1) is 11.8 Å². The summed E-state index contributed by atoms with van der Waals surface area (Å²) in [7, 11) is 5.31. The Balaban J connectivity index is 0.00000225. The fraction of sp³-hybridized carbons (Fsp3) is 0.705. The van der Waals surface area contributed by atoms with E-state index < -0.39 is 47.6 Å². The Hall–Kier alpha value is -4.79. The largest absolute Gasteiger partial charge is 0.374 e. The molecule has 0 aromatic carbocycles. The zero-order valence-corrected chi connectivity index (χ0v) is 40.5. The molecule has 0 bridgehead atoms. The number of aromatic nitrogens is 1. The average Bonchev–Trinajstić information content (AvgIpc) is 3.88. The Kier molecular flexibility index (Phi) is 32.0. The fourth-order valence-corrected chi connectivity index (χ4v) is 6.87. The Morgan fingerprint density at radius 1 is 0.875 bits per heavy atom. The van der Waals surface area contributed by atoms with Crippen molar-refractivity contribution >= 4 is 58.6 Å². The highest BCUT2D eigenvalue weighted by molar-refractivity contribution is 7.09. The number of amides is 8. The van der Waals surface area contributed by atoms with Gasteiger partial charge in [0.2, 0.25) is 29.5 Å². The summed E-state index contributed by atoms with van der Waals surface area (Å²) in [5.74, 6) is -2.57. The molecule has 1 aliphatic heterocycles. The maximum Gasteiger partial charge on any atom is 0.271 e. The SMILES string of the molecule is CCC(NC(=O)c1csc(C(CC(C(C)C)N(C)C(=O)C[C@@H](C)CC)OC)n1)C(=O)NCC(=O)NCCNC(=O)CCN1C(=O)C=CC1=O.CCCCN.CNCCCCCC(N)=O. The van der Waals surface area contributed by atoms with Gasteiger partial charge in [-0.15, -0.1) is 11.3 Å². The number of carbonyl (C=O) groups is 8. The van der Waals surface area contributed by atoms with E-state index in [1.807, 2.05) is 14.1 Å². The van der Waals surface area contributed by atoms with Crippen LogP contribution in [0.2, 0.25) is 0 Å². The van der Waals surface area contributed by atoms with Gasteiger partial charge in [0, 0.05) is 83.0 Å². The minimum atomic E-state index is -0.914. The molecule has 8 amide bonds. The van der Waals surface area contributed by atoms with Crippen molar-refractivity contribution in [2.75, 3.05) is 60.5 Å². The molecule has 4 atom stereocenters. The summed E-state index contributed by atoms with van der Waals surface area (Å²) in [4.78, 5) is 103. The first-order valence-corrected chi connectivity index (χ1v) is 23.3. The number of hydrogen-bond acceptors (Lipinski definition) is 13. The zero-order valence-electron chi connectivity index (χ0n) is 39.7. The Morgan fingerprint density at radius 2 is 1.52 bits per heavy atom. The zero-order chi connectivity index (χ0) is 48.6. The molecular formula is C44H78N10O9S. The molecule has 64 heavy (non-hydrogen) atoms. The van der Waals surface area contributed by atoms with E-state index in [0.717, 1.165) is 55.8 Å². The van der Waals surface area contributed by atoms with E-state index in [9.17, 15) is 38.4 Å². The third-order valence-corrected chi connectivity index (χ3v) is 11.2. The second-order valence-electron chi connectivity index (χ2n) is 15.9. The van der Waals surface area contributed by atoms with Gasteiger partial charge in [0.15, 0.2) is 0 Å². The van der Waals surface area contributed by atoms with Crippen molar-refractivity contribution in [3.63, 3.8) is 0 Å². The van der Waals surface area contributed by atoms with E-state index in [1.165, 1.54) is 24.2 Å². The predicted molar refractivity (Wildman–Crippen MR) is 249 cm³/mol. The number of carbonyl (C=O) groups excluding carboxylic acids is 8.